The Hall–Kier alpha value is -2.02. The van der Waals surface area contributed by atoms with Gasteiger partial charge in [-0.05, 0) is 41.8 Å². The zero-order chi connectivity index (χ0) is 18.2. The smallest absolute Gasteiger partial charge is 0.223 e. The summed E-state index contributed by atoms with van der Waals surface area (Å²) >= 11 is 0. The molecule has 2 aromatic rings. The first-order chi connectivity index (χ1) is 12.0. The number of amides is 1. The molecule has 0 saturated heterocycles. The Labute approximate surface area is 158 Å². The first-order valence-corrected chi connectivity index (χ1v) is 8.04. The van der Waals surface area contributed by atoms with Gasteiger partial charge in [-0.25, -0.2) is 8.78 Å². The molecule has 2 aromatic carbocycles. The molecular formula is C19H23ClF2N2O2. The Kier molecular flexibility index (Phi) is 9.19. The Morgan fingerprint density at radius 1 is 1.15 bits per heavy atom. The van der Waals surface area contributed by atoms with Gasteiger partial charge in [-0.15, -0.1) is 12.4 Å². The van der Waals surface area contributed by atoms with E-state index in [4.69, 9.17) is 10.5 Å². The van der Waals surface area contributed by atoms with Gasteiger partial charge < -0.3 is 15.8 Å². The molecule has 1 amide bonds. The molecule has 2 rings (SSSR count). The van der Waals surface area contributed by atoms with E-state index in [-0.39, 0.29) is 43.2 Å². The summed E-state index contributed by atoms with van der Waals surface area (Å²) in [5, 5.41) is 2.86. The molecule has 26 heavy (non-hydrogen) atoms. The van der Waals surface area contributed by atoms with Gasteiger partial charge >= 0.3 is 0 Å². The number of ether oxygens (including phenoxy) is 1. The highest BCUT2D eigenvalue weighted by Gasteiger charge is 2.19. The third kappa shape index (κ3) is 6.71. The second-order valence-electron chi connectivity index (χ2n) is 5.81. The van der Waals surface area contributed by atoms with Gasteiger partial charge in [-0.3, -0.25) is 4.79 Å². The van der Waals surface area contributed by atoms with E-state index in [9.17, 15) is 13.6 Å². The number of carbonyl (C=O) groups is 1. The quantitative estimate of drug-likeness (QED) is 0.734. The van der Waals surface area contributed by atoms with Gasteiger partial charge in [-0.1, -0.05) is 24.3 Å². The highest BCUT2D eigenvalue weighted by molar-refractivity contribution is 5.85. The van der Waals surface area contributed by atoms with Crippen molar-refractivity contribution in [2.24, 2.45) is 5.73 Å². The predicted octanol–water partition coefficient (Wildman–Crippen LogP) is 3.15. The second-order valence-corrected chi connectivity index (χ2v) is 5.81. The topological polar surface area (TPSA) is 64.3 Å². The Morgan fingerprint density at radius 2 is 1.81 bits per heavy atom. The fourth-order valence-corrected chi connectivity index (χ4v) is 2.60. The van der Waals surface area contributed by atoms with Crippen molar-refractivity contribution in [1.29, 1.82) is 0 Å². The minimum absolute atomic E-state index is 0. The van der Waals surface area contributed by atoms with Crippen LogP contribution in [-0.2, 0) is 16.0 Å². The molecule has 0 aliphatic carbocycles. The molecule has 0 aromatic heterocycles. The van der Waals surface area contributed by atoms with Gasteiger partial charge in [-0.2, -0.15) is 0 Å². The number of rotatable bonds is 8. The van der Waals surface area contributed by atoms with Crippen LogP contribution in [0.1, 0.15) is 23.6 Å². The number of methoxy groups -OCH3 is 1. The summed E-state index contributed by atoms with van der Waals surface area (Å²) in [5.74, 6) is -1.01. The molecule has 0 radical (unpaired) electrons. The van der Waals surface area contributed by atoms with Crippen LogP contribution in [-0.4, -0.2) is 25.7 Å². The van der Waals surface area contributed by atoms with Crippen molar-refractivity contribution in [2.75, 3.05) is 13.7 Å². The number of halogens is 3. The lowest BCUT2D eigenvalue weighted by molar-refractivity contribution is -0.124. The van der Waals surface area contributed by atoms with Crippen LogP contribution in [0.3, 0.4) is 0 Å². The molecule has 2 atom stereocenters. The van der Waals surface area contributed by atoms with E-state index in [1.165, 1.54) is 31.4 Å². The first-order valence-electron chi connectivity index (χ1n) is 8.04. The Morgan fingerprint density at radius 3 is 2.38 bits per heavy atom. The Bertz CT molecular complexity index is 711. The zero-order valence-electron chi connectivity index (χ0n) is 14.5. The molecule has 4 nitrogen and oxygen atoms in total. The summed E-state index contributed by atoms with van der Waals surface area (Å²) in [6.07, 6.45) is 0.0529. The SMILES string of the molecule is COC(CN)CC(=O)NC(Cc1cccc(F)c1)c1cccc(F)c1.Cl. The maximum absolute atomic E-state index is 13.6. The summed E-state index contributed by atoms with van der Waals surface area (Å²) in [4.78, 5) is 12.3. The van der Waals surface area contributed by atoms with Gasteiger partial charge in [0, 0.05) is 13.7 Å². The maximum Gasteiger partial charge on any atom is 0.223 e. The zero-order valence-corrected chi connectivity index (χ0v) is 15.3. The van der Waals surface area contributed by atoms with Crippen LogP contribution in [0.5, 0.6) is 0 Å². The summed E-state index contributed by atoms with van der Waals surface area (Å²) in [5.41, 5.74) is 6.85. The van der Waals surface area contributed by atoms with E-state index in [0.29, 0.717) is 17.5 Å². The highest BCUT2D eigenvalue weighted by atomic mass is 35.5. The standard InChI is InChI=1S/C19H22F2N2O2.ClH/c1-25-17(12-22)11-19(24)23-18(14-5-3-7-16(21)10-14)9-13-4-2-6-15(20)8-13;/h2-8,10,17-18H,9,11-12,22H2,1H3,(H,23,24);1H. The fourth-order valence-electron chi connectivity index (χ4n) is 2.60. The van der Waals surface area contributed by atoms with Gasteiger partial charge in [0.15, 0.2) is 0 Å². The molecule has 142 valence electrons. The average molecular weight is 385 g/mol. The van der Waals surface area contributed by atoms with Gasteiger partial charge in [0.05, 0.1) is 18.6 Å². The second kappa shape index (κ2) is 10.9. The normalized spacial score (nSPS) is 12.8. The molecule has 0 saturated carbocycles. The molecule has 0 bridgehead atoms. The van der Waals surface area contributed by atoms with E-state index >= 15 is 0 Å². The lowest BCUT2D eigenvalue weighted by Crippen LogP contribution is -2.35. The summed E-state index contributed by atoms with van der Waals surface area (Å²) in [7, 11) is 1.49. The summed E-state index contributed by atoms with van der Waals surface area (Å²) in [6, 6.07) is 11.6. The number of carbonyl (C=O) groups excluding carboxylic acids is 1. The van der Waals surface area contributed by atoms with E-state index in [0.717, 1.165) is 0 Å². The largest absolute Gasteiger partial charge is 0.380 e. The molecule has 0 spiro atoms. The minimum atomic E-state index is -0.486. The van der Waals surface area contributed by atoms with Crippen LogP contribution in [0.15, 0.2) is 48.5 Å². The predicted molar refractivity (Wildman–Crippen MR) is 99.1 cm³/mol. The van der Waals surface area contributed by atoms with Gasteiger partial charge in [0.2, 0.25) is 5.91 Å². The third-order valence-electron chi connectivity index (χ3n) is 3.92. The lowest BCUT2D eigenvalue weighted by Gasteiger charge is -2.21. The van der Waals surface area contributed by atoms with Crippen molar-refractivity contribution >= 4 is 18.3 Å². The molecule has 0 heterocycles. The average Bonchev–Trinajstić information content (AvgIpc) is 2.59. The number of nitrogens with one attached hydrogen (secondary N) is 1. The highest BCUT2D eigenvalue weighted by Crippen LogP contribution is 2.20. The van der Waals surface area contributed by atoms with E-state index in [2.05, 4.69) is 5.32 Å². The van der Waals surface area contributed by atoms with Gasteiger partial charge in [0.25, 0.3) is 0 Å². The van der Waals surface area contributed by atoms with Crippen molar-refractivity contribution in [3.63, 3.8) is 0 Å². The number of benzene rings is 2. The van der Waals surface area contributed by atoms with Crippen LogP contribution >= 0.6 is 12.4 Å². The van der Waals surface area contributed by atoms with Crippen LogP contribution < -0.4 is 11.1 Å². The summed E-state index contributed by atoms with van der Waals surface area (Å²) in [6.45, 7) is 0.221. The monoisotopic (exact) mass is 384 g/mol. The molecule has 7 heteroatoms. The van der Waals surface area contributed by atoms with Crippen LogP contribution in [0.2, 0.25) is 0 Å². The summed E-state index contributed by atoms with van der Waals surface area (Å²) < 4.78 is 32.1. The molecule has 0 aliphatic rings. The number of nitrogens with two attached hydrogens (primary N) is 1. The van der Waals surface area contributed by atoms with Crippen LogP contribution in [0.25, 0.3) is 0 Å². The van der Waals surface area contributed by atoms with Crippen LogP contribution in [0, 0.1) is 11.6 Å². The molecule has 0 aliphatic heterocycles. The molecule has 3 N–H and O–H groups in total. The number of hydrogen-bond donors (Lipinski definition) is 2. The van der Waals surface area contributed by atoms with Crippen molar-refractivity contribution in [1.82, 2.24) is 5.32 Å². The molecule has 2 unspecified atom stereocenters. The van der Waals surface area contributed by atoms with Gasteiger partial charge in [0.1, 0.15) is 11.6 Å². The third-order valence-corrected chi connectivity index (χ3v) is 3.92. The Balaban J connectivity index is 0.00000338. The van der Waals surface area contributed by atoms with Crippen molar-refractivity contribution < 1.29 is 18.3 Å². The van der Waals surface area contributed by atoms with Crippen molar-refractivity contribution in [3.8, 4) is 0 Å². The number of hydrogen-bond acceptors (Lipinski definition) is 3. The molecular weight excluding hydrogens is 362 g/mol. The van der Waals surface area contributed by atoms with Crippen LogP contribution in [0.4, 0.5) is 8.78 Å². The minimum Gasteiger partial charge on any atom is -0.380 e. The lowest BCUT2D eigenvalue weighted by atomic mass is 9.98. The van der Waals surface area contributed by atoms with Crippen molar-refractivity contribution in [2.45, 2.75) is 25.0 Å². The maximum atomic E-state index is 13.6. The van der Waals surface area contributed by atoms with E-state index < -0.39 is 11.9 Å². The molecule has 0 fully saturated rings. The fraction of sp³-hybridized carbons (Fsp3) is 0.316. The first kappa shape index (κ1) is 22.0. The van der Waals surface area contributed by atoms with E-state index in [1.54, 1.807) is 24.3 Å². The van der Waals surface area contributed by atoms with E-state index in [1.807, 2.05) is 0 Å². The van der Waals surface area contributed by atoms with Crippen molar-refractivity contribution in [3.05, 3.63) is 71.3 Å².